The molecular weight excluding hydrogens is 887 g/mol. The standard InChI is InChI=1S/C56H79N5O9/c1-30-9-10-33-11-12-38-31(2)23-55(68)17-16-53(38,40(33)21-30)24-34(37-29-70-49(66)44(37)36-14-19-59-28-36)7-6-8-35-25-56(69)45-39(13-15-54(56,18-20-60-50(57)58)48(35)52(55,5)67)51(4)26-43(64)42(63)22-41(51)47(65)46(45)61-27-32(3)62/h11,14,19,28,30-31,34-35,37-44,48,59,61,63-64,67-69H,8-10,12-13,15-18,20-27,29H2,1-5H3,(H4,57,58,60). The Morgan fingerprint density at radius 3 is 2.50 bits per heavy atom. The highest BCUT2D eigenvalue weighted by molar-refractivity contribution is 6.00. The molecule has 1 aromatic heterocycles. The molecule has 70 heavy (non-hydrogen) atoms. The highest BCUT2D eigenvalue weighted by Gasteiger charge is 2.76. The summed E-state index contributed by atoms with van der Waals surface area (Å²) in [7, 11) is 0. The van der Waals surface area contributed by atoms with E-state index in [1.807, 2.05) is 25.4 Å². The molecule has 6 fully saturated rings. The summed E-state index contributed by atoms with van der Waals surface area (Å²) in [4.78, 5) is 49.4. The third kappa shape index (κ3) is 7.42. The molecule has 0 amide bonds. The summed E-state index contributed by atoms with van der Waals surface area (Å²) in [5.41, 5.74) is 7.46. The summed E-state index contributed by atoms with van der Waals surface area (Å²) in [6.45, 7) is 10.0. The smallest absolute Gasteiger partial charge is 0.313 e. The Kier molecular flexibility index (Phi) is 12.5. The molecule has 1 aromatic rings. The van der Waals surface area contributed by atoms with Crippen LogP contribution >= 0.6 is 0 Å². The number of nitrogens with two attached hydrogens (primary N) is 2. The van der Waals surface area contributed by atoms with Crippen molar-refractivity contribution >= 4 is 23.5 Å². The lowest BCUT2D eigenvalue weighted by Crippen LogP contribution is -2.67. The van der Waals surface area contributed by atoms with E-state index in [1.165, 1.54) is 12.5 Å². The normalized spacial score (nSPS) is 47.5. The number of aromatic amines is 1. The topological polar surface area (TPSA) is 254 Å². The van der Waals surface area contributed by atoms with Crippen molar-refractivity contribution in [2.24, 2.45) is 91.9 Å². The third-order valence-corrected chi connectivity index (χ3v) is 21.3. The average Bonchev–Trinajstić information content (AvgIpc) is 4.00. The van der Waals surface area contributed by atoms with Gasteiger partial charge in [0.2, 0.25) is 0 Å². The molecule has 8 aliphatic carbocycles. The van der Waals surface area contributed by atoms with E-state index in [9.17, 15) is 35.1 Å². The van der Waals surface area contributed by atoms with Crippen LogP contribution in [0.15, 0.2) is 46.4 Å². The molecule has 5 saturated carbocycles. The Bertz CT molecular complexity index is 2420. The number of nitrogens with zero attached hydrogens (tertiary/aromatic N) is 1. The number of guanidine groups is 1. The molecule has 382 valence electrons. The zero-order chi connectivity index (χ0) is 49.9. The van der Waals surface area contributed by atoms with E-state index in [-0.39, 0.29) is 116 Å². The number of hydrogen-bond donors (Lipinski definition) is 9. The quantitative estimate of drug-likeness (QED) is 0.0553. The summed E-state index contributed by atoms with van der Waals surface area (Å²) in [6.07, 6.45) is 11.7. The van der Waals surface area contributed by atoms with Crippen LogP contribution in [-0.2, 0) is 19.1 Å². The molecule has 14 nitrogen and oxygen atoms in total. The van der Waals surface area contributed by atoms with E-state index >= 15 is 4.79 Å². The monoisotopic (exact) mass is 966 g/mol. The molecule has 11 N–H and O–H groups in total. The molecule has 2 bridgehead atoms. The Balaban J connectivity index is 1.18. The number of Topliss-reactive ketones (excluding diaryl/α,β-unsaturated/α-hetero) is 2. The van der Waals surface area contributed by atoms with Crippen LogP contribution in [0.4, 0.5) is 0 Å². The van der Waals surface area contributed by atoms with Crippen molar-refractivity contribution in [2.75, 3.05) is 19.7 Å². The number of ether oxygens (including phenoxy) is 1. The Hall–Kier alpha value is -4.00. The van der Waals surface area contributed by atoms with Gasteiger partial charge in [-0.05, 0) is 167 Å². The van der Waals surface area contributed by atoms with Crippen LogP contribution in [0.1, 0.15) is 142 Å². The second-order valence-electron chi connectivity index (χ2n) is 24.8. The maximum Gasteiger partial charge on any atom is 0.313 e. The van der Waals surface area contributed by atoms with Gasteiger partial charge >= 0.3 is 5.97 Å². The first-order valence-corrected chi connectivity index (χ1v) is 26.7. The van der Waals surface area contributed by atoms with Gasteiger partial charge < -0.3 is 52.0 Å². The van der Waals surface area contributed by atoms with Crippen molar-refractivity contribution in [1.82, 2.24) is 10.3 Å². The summed E-state index contributed by atoms with van der Waals surface area (Å²) < 4.78 is 5.97. The van der Waals surface area contributed by atoms with E-state index in [0.29, 0.717) is 43.6 Å². The first-order valence-electron chi connectivity index (χ1n) is 26.7. The number of carbonyl (C=O) groups excluding carboxylic acids is 3. The number of hydrogen-bond acceptors (Lipinski definition) is 11. The lowest BCUT2D eigenvalue weighted by atomic mass is 9.43. The van der Waals surface area contributed by atoms with Crippen LogP contribution in [0.3, 0.4) is 0 Å². The molecule has 1 spiro atoms. The summed E-state index contributed by atoms with van der Waals surface area (Å²) >= 11 is 0. The van der Waals surface area contributed by atoms with E-state index in [4.69, 9.17) is 16.2 Å². The number of aromatic nitrogens is 1. The largest absolute Gasteiger partial charge is 0.465 e. The minimum atomic E-state index is -1.80. The number of nitrogens with one attached hydrogen (secondary N) is 2. The fourth-order valence-electron chi connectivity index (χ4n) is 18.2. The summed E-state index contributed by atoms with van der Waals surface area (Å²) in [6, 6.07) is 1.96. The van der Waals surface area contributed by atoms with Crippen LogP contribution in [0.2, 0.25) is 0 Å². The zero-order valence-corrected chi connectivity index (χ0v) is 42.0. The number of cyclic esters (lactones) is 1. The van der Waals surface area contributed by atoms with E-state index < -0.39 is 69.4 Å². The molecule has 0 radical (unpaired) electrons. The van der Waals surface area contributed by atoms with E-state index in [1.54, 1.807) is 6.92 Å². The first-order chi connectivity index (χ1) is 33.1. The van der Waals surface area contributed by atoms with Gasteiger partial charge in [0, 0.05) is 54.4 Å². The molecule has 19 unspecified atom stereocenters. The zero-order valence-electron chi connectivity index (χ0n) is 42.0. The minimum absolute atomic E-state index is 0.0246. The van der Waals surface area contributed by atoms with E-state index in [0.717, 1.165) is 37.7 Å². The third-order valence-electron chi connectivity index (χ3n) is 21.3. The summed E-state index contributed by atoms with van der Waals surface area (Å²) in [5.74, 6) is 4.18. The molecule has 1 aliphatic heterocycles. The Morgan fingerprint density at radius 2 is 1.77 bits per heavy atom. The van der Waals surface area contributed by atoms with Gasteiger partial charge in [-0.15, -0.1) is 5.92 Å². The van der Waals surface area contributed by atoms with Gasteiger partial charge in [0.15, 0.2) is 11.7 Å². The van der Waals surface area contributed by atoms with Crippen molar-refractivity contribution in [1.29, 1.82) is 0 Å². The number of ketones is 2. The second-order valence-corrected chi connectivity index (χ2v) is 24.8. The van der Waals surface area contributed by atoms with Gasteiger partial charge in [0.25, 0.3) is 0 Å². The molecule has 2 heterocycles. The first kappa shape index (κ1) is 49.6. The second kappa shape index (κ2) is 17.6. The van der Waals surface area contributed by atoms with Crippen molar-refractivity contribution in [3.05, 3.63) is 46.9 Å². The SMILES string of the molecule is CC(=O)CNC1=C2C(CCC3(CCN=C(N)N)C4C(CC#CC(C5COC(=O)C5c5cc[nH]c5)CC56CCC(O)(CC(C)C5CC=C5CCC(C)CC56)C4(C)O)CC23O)C2(C)CC(O)C(O)CC2C1=O. The van der Waals surface area contributed by atoms with Gasteiger partial charge in [0.05, 0.1) is 53.8 Å². The molecule has 0 aromatic carbocycles. The number of aliphatic hydroxyl groups excluding tert-OH is 2. The summed E-state index contributed by atoms with van der Waals surface area (Å²) in [5, 5.41) is 67.9. The van der Waals surface area contributed by atoms with Crippen LogP contribution in [0.25, 0.3) is 0 Å². The van der Waals surface area contributed by atoms with Crippen molar-refractivity contribution < 1.29 is 44.7 Å². The number of aliphatic imine (C=N–C) groups is 1. The van der Waals surface area contributed by atoms with Gasteiger partial charge in [-0.3, -0.25) is 19.4 Å². The van der Waals surface area contributed by atoms with Crippen LogP contribution < -0.4 is 16.8 Å². The van der Waals surface area contributed by atoms with Gasteiger partial charge in [0.1, 0.15) is 5.78 Å². The number of rotatable bonds is 8. The van der Waals surface area contributed by atoms with Crippen LogP contribution in [0, 0.1) is 87.3 Å². The van der Waals surface area contributed by atoms with Crippen molar-refractivity contribution in [3.8, 4) is 11.8 Å². The lowest BCUT2D eigenvalue weighted by Gasteiger charge is -2.63. The van der Waals surface area contributed by atoms with E-state index in [2.05, 4.69) is 47.1 Å². The highest BCUT2D eigenvalue weighted by Crippen LogP contribution is 2.74. The number of allylic oxidation sites excluding steroid dienone is 3. The minimum Gasteiger partial charge on any atom is -0.465 e. The van der Waals surface area contributed by atoms with Gasteiger partial charge in [-0.2, -0.15) is 0 Å². The van der Waals surface area contributed by atoms with Crippen molar-refractivity contribution in [2.45, 2.75) is 166 Å². The Morgan fingerprint density at radius 1 is 0.986 bits per heavy atom. The predicted octanol–water partition coefficient (Wildman–Crippen LogP) is 4.94. The molecule has 9 aliphatic rings. The number of carbonyl (C=O) groups is 3. The number of H-pyrrole nitrogens is 1. The molecule has 19 atom stereocenters. The predicted molar refractivity (Wildman–Crippen MR) is 263 cm³/mol. The number of esters is 1. The maximum atomic E-state index is 15.2. The van der Waals surface area contributed by atoms with Gasteiger partial charge in [-0.25, -0.2) is 0 Å². The average molecular weight is 966 g/mol. The fraction of sp³-hybridized carbons (Fsp3) is 0.750. The van der Waals surface area contributed by atoms with Crippen LogP contribution in [-0.4, -0.2) is 103 Å². The molecule has 14 heteroatoms. The molecule has 10 rings (SSSR count). The lowest BCUT2D eigenvalue weighted by molar-refractivity contribution is -0.227. The maximum absolute atomic E-state index is 15.2. The Labute approximate surface area is 413 Å². The molecular formula is C56H79N5O9. The molecule has 1 saturated heterocycles. The number of aliphatic hydroxyl groups is 5. The number of fused-ring (bicyclic) bond motifs is 10. The van der Waals surface area contributed by atoms with Crippen molar-refractivity contribution in [3.63, 3.8) is 0 Å². The van der Waals surface area contributed by atoms with Crippen LogP contribution in [0.5, 0.6) is 0 Å². The van der Waals surface area contributed by atoms with Gasteiger partial charge in [-0.1, -0.05) is 38.3 Å². The fourth-order valence-corrected chi connectivity index (χ4v) is 18.2. The highest BCUT2D eigenvalue weighted by atomic mass is 16.5.